The topological polar surface area (TPSA) is 75.6 Å². The lowest BCUT2D eigenvalue weighted by atomic mass is 10.1. The normalized spacial score (nSPS) is 17.2. The predicted octanol–water partition coefficient (Wildman–Crippen LogP) is 1.37. The molecule has 1 heterocycles. The van der Waals surface area contributed by atoms with Crippen molar-refractivity contribution in [3.05, 3.63) is 29.3 Å². The molecule has 108 valence electrons. The van der Waals surface area contributed by atoms with Gasteiger partial charge < -0.3 is 15.2 Å². The van der Waals surface area contributed by atoms with Crippen molar-refractivity contribution >= 4 is 11.9 Å². The molecule has 0 saturated heterocycles. The van der Waals surface area contributed by atoms with E-state index in [0.29, 0.717) is 17.7 Å². The summed E-state index contributed by atoms with van der Waals surface area (Å²) in [7, 11) is 0. The van der Waals surface area contributed by atoms with Crippen LogP contribution in [-0.2, 0) is 11.2 Å². The zero-order chi connectivity index (χ0) is 14.9. The zero-order valence-corrected chi connectivity index (χ0v) is 10.0. The van der Waals surface area contributed by atoms with E-state index >= 15 is 0 Å². The highest BCUT2D eigenvalue weighted by atomic mass is 19.4. The maximum absolute atomic E-state index is 12.0. The molecule has 1 aliphatic heterocycles. The molecule has 1 atom stereocenters. The summed E-state index contributed by atoms with van der Waals surface area (Å²) >= 11 is 0. The first kappa shape index (κ1) is 14.2. The van der Waals surface area contributed by atoms with Crippen LogP contribution in [0, 0.1) is 0 Å². The molecule has 8 heteroatoms. The molecule has 0 aromatic heterocycles. The van der Waals surface area contributed by atoms with Gasteiger partial charge in [0.15, 0.2) is 0 Å². The molecule has 1 aromatic carbocycles. The van der Waals surface area contributed by atoms with Crippen molar-refractivity contribution in [2.75, 3.05) is 6.54 Å². The van der Waals surface area contributed by atoms with E-state index in [0.717, 1.165) is 0 Å². The van der Waals surface area contributed by atoms with Gasteiger partial charge in [0.25, 0.3) is 0 Å². The predicted molar refractivity (Wildman–Crippen MR) is 60.6 cm³/mol. The summed E-state index contributed by atoms with van der Waals surface area (Å²) in [5.41, 5.74) is 0.727. The van der Waals surface area contributed by atoms with Gasteiger partial charge in [-0.05, 0) is 17.7 Å². The van der Waals surface area contributed by atoms with E-state index in [4.69, 9.17) is 9.84 Å². The molecule has 0 saturated carbocycles. The van der Waals surface area contributed by atoms with Crippen LogP contribution in [0.25, 0.3) is 0 Å². The zero-order valence-electron chi connectivity index (χ0n) is 10.0. The molecule has 1 aromatic rings. The number of carboxylic acid groups (broad SMARTS) is 1. The van der Waals surface area contributed by atoms with Gasteiger partial charge in [-0.2, -0.15) is 13.2 Å². The molecule has 20 heavy (non-hydrogen) atoms. The molecule has 2 rings (SSSR count). The highest BCUT2D eigenvalue weighted by molar-refractivity contribution is 5.88. The number of carbonyl (C=O) groups is 2. The van der Waals surface area contributed by atoms with Crippen LogP contribution >= 0.6 is 0 Å². The van der Waals surface area contributed by atoms with Gasteiger partial charge in [0.05, 0.1) is 12.1 Å². The van der Waals surface area contributed by atoms with Crippen LogP contribution in [-0.4, -0.2) is 35.8 Å². The second-order valence-electron chi connectivity index (χ2n) is 4.28. The number of amides is 1. The van der Waals surface area contributed by atoms with Crippen LogP contribution in [0.1, 0.15) is 15.9 Å². The standard InChI is InChI=1S/C12H10F3NO4/c13-12(14,15)11(19)16-5-8-3-6-1-2-7(10(17)18)4-9(6)20-8/h1-2,4,8H,3,5H2,(H,16,19)(H,17,18). The van der Waals surface area contributed by atoms with Gasteiger partial charge in [-0.1, -0.05) is 6.07 Å². The fourth-order valence-corrected chi connectivity index (χ4v) is 1.85. The fourth-order valence-electron chi connectivity index (χ4n) is 1.85. The largest absolute Gasteiger partial charge is 0.488 e. The number of fused-ring (bicyclic) bond motifs is 1. The van der Waals surface area contributed by atoms with Crippen molar-refractivity contribution < 1.29 is 32.6 Å². The van der Waals surface area contributed by atoms with Gasteiger partial charge >= 0.3 is 18.1 Å². The lowest BCUT2D eigenvalue weighted by molar-refractivity contribution is -0.173. The van der Waals surface area contributed by atoms with Crippen molar-refractivity contribution in [1.29, 1.82) is 0 Å². The van der Waals surface area contributed by atoms with Crippen molar-refractivity contribution in [3.8, 4) is 5.75 Å². The average molecular weight is 289 g/mol. The summed E-state index contributed by atoms with van der Waals surface area (Å²) in [5.74, 6) is -2.83. The summed E-state index contributed by atoms with van der Waals surface area (Å²) < 4.78 is 41.3. The Labute approximate surface area is 111 Å². The number of halogens is 3. The van der Waals surface area contributed by atoms with Crippen LogP contribution in [0.3, 0.4) is 0 Å². The van der Waals surface area contributed by atoms with Crippen molar-refractivity contribution in [2.45, 2.75) is 18.7 Å². The summed E-state index contributed by atoms with van der Waals surface area (Å²) in [4.78, 5) is 21.4. The minimum absolute atomic E-state index is 0.0312. The summed E-state index contributed by atoms with van der Waals surface area (Å²) in [6.07, 6.45) is -5.25. The number of rotatable bonds is 3. The molecule has 1 amide bonds. The van der Waals surface area contributed by atoms with Crippen molar-refractivity contribution in [2.24, 2.45) is 0 Å². The maximum Gasteiger partial charge on any atom is 0.471 e. The number of benzene rings is 1. The van der Waals surface area contributed by atoms with Crippen molar-refractivity contribution in [1.82, 2.24) is 5.32 Å². The highest BCUT2D eigenvalue weighted by Crippen LogP contribution is 2.29. The van der Waals surface area contributed by atoms with Crippen LogP contribution in [0.15, 0.2) is 18.2 Å². The van der Waals surface area contributed by atoms with E-state index in [9.17, 15) is 22.8 Å². The molecule has 0 radical (unpaired) electrons. The van der Waals surface area contributed by atoms with Gasteiger partial charge in [0, 0.05) is 6.42 Å². The molecular weight excluding hydrogens is 279 g/mol. The lowest BCUT2D eigenvalue weighted by Gasteiger charge is -2.13. The Balaban J connectivity index is 1.96. The fraction of sp³-hybridized carbons (Fsp3) is 0.333. The molecule has 5 nitrogen and oxygen atoms in total. The quantitative estimate of drug-likeness (QED) is 0.881. The highest BCUT2D eigenvalue weighted by Gasteiger charge is 2.39. The number of aromatic carboxylic acids is 1. The smallest absolute Gasteiger partial charge is 0.471 e. The first-order chi connectivity index (χ1) is 9.27. The second kappa shape index (κ2) is 5.03. The number of carbonyl (C=O) groups excluding carboxylic acids is 1. The first-order valence-electron chi connectivity index (χ1n) is 5.65. The number of nitrogens with one attached hydrogen (secondary N) is 1. The minimum Gasteiger partial charge on any atom is -0.488 e. The number of alkyl halides is 3. The number of hydrogen-bond donors (Lipinski definition) is 2. The van der Waals surface area contributed by atoms with Crippen LogP contribution < -0.4 is 10.1 Å². The molecule has 2 N–H and O–H groups in total. The van der Waals surface area contributed by atoms with E-state index in [2.05, 4.69) is 0 Å². The molecule has 0 fully saturated rings. The number of hydrogen-bond acceptors (Lipinski definition) is 3. The molecule has 0 bridgehead atoms. The van der Waals surface area contributed by atoms with Gasteiger partial charge in [-0.25, -0.2) is 4.79 Å². The molecular formula is C12H10F3NO4. The van der Waals surface area contributed by atoms with Gasteiger partial charge in [-0.15, -0.1) is 0 Å². The Bertz CT molecular complexity index is 556. The summed E-state index contributed by atoms with van der Waals surface area (Å²) in [6.45, 7) is -0.296. The third-order valence-electron chi connectivity index (χ3n) is 2.80. The average Bonchev–Trinajstić information content (AvgIpc) is 2.76. The summed E-state index contributed by atoms with van der Waals surface area (Å²) in [6, 6.07) is 4.24. The van der Waals surface area contributed by atoms with E-state index < -0.39 is 24.2 Å². The molecule has 1 unspecified atom stereocenters. The summed E-state index contributed by atoms with van der Waals surface area (Å²) in [5, 5.41) is 10.5. The van der Waals surface area contributed by atoms with Gasteiger partial charge in [0.1, 0.15) is 11.9 Å². The number of carboxylic acids is 1. The van der Waals surface area contributed by atoms with E-state index in [-0.39, 0.29) is 12.1 Å². The second-order valence-corrected chi connectivity index (χ2v) is 4.28. The monoisotopic (exact) mass is 289 g/mol. The van der Waals surface area contributed by atoms with Crippen molar-refractivity contribution in [3.63, 3.8) is 0 Å². The Morgan fingerprint density at radius 1 is 1.40 bits per heavy atom. The SMILES string of the molecule is O=C(O)c1ccc2c(c1)OC(CNC(=O)C(F)(F)F)C2. The Morgan fingerprint density at radius 2 is 2.10 bits per heavy atom. The van der Waals surface area contributed by atoms with Gasteiger partial charge in [0.2, 0.25) is 0 Å². The molecule has 0 aliphatic carbocycles. The molecule has 0 spiro atoms. The molecule has 1 aliphatic rings. The third kappa shape index (κ3) is 3.01. The number of ether oxygens (including phenoxy) is 1. The van der Waals surface area contributed by atoms with Gasteiger partial charge in [-0.3, -0.25) is 4.79 Å². The van der Waals surface area contributed by atoms with Crippen LogP contribution in [0.2, 0.25) is 0 Å². The Morgan fingerprint density at radius 3 is 2.70 bits per heavy atom. The first-order valence-corrected chi connectivity index (χ1v) is 5.65. The van der Waals surface area contributed by atoms with Crippen LogP contribution in [0.4, 0.5) is 13.2 Å². The van der Waals surface area contributed by atoms with E-state index in [1.54, 1.807) is 11.4 Å². The Kier molecular flexibility index (Phi) is 3.56. The van der Waals surface area contributed by atoms with E-state index in [1.165, 1.54) is 12.1 Å². The van der Waals surface area contributed by atoms with E-state index in [1.807, 2.05) is 0 Å². The van der Waals surface area contributed by atoms with Crippen LogP contribution in [0.5, 0.6) is 5.75 Å². The maximum atomic E-state index is 12.0. The minimum atomic E-state index is -4.93. The third-order valence-corrected chi connectivity index (χ3v) is 2.80. The lowest BCUT2D eigenvalue weighted by Crippen LogP contribution is -2.41. The Hall–Kier alpha value is -2.25.